The van der Waals surface area contributed by atoms with Gasteiger partial charge in [0.15, 0.2) is 0 Å². The first-order valence-electron chi connectivity index (χ1n) is 5.81. The fraction of sp³-hybridized carbons (Fsp3) is 0.636. The third-order valence-electron chi connectivity index (χ3n) is 2.76. The van der Waals surface area contributed by atoms with Gasteiger partial charge in [0.25, 0.3) is 0 Å². The second kappa shape index (κ2) is 6.29. The van der Waals surface area contributed by atoms with Gasteiger partial charge >= 0.3 is 0 Å². The average Bonchev–Trinajstić information content (AvgIpc) is 2.77. The smallest absolute Gasteiger partial charge is 0.212 e. The van der Waals surface area contributed by atoms with E-state index in [1.165, 1.54) is 6.20 Å². The number of Topliss-reactive ketones (excluding diaryl/α,β-unsaturated/α-hetero) is 1. The lowest BCUT2D eigenvalue weighted by molar-refractivity contribution is 0.0260. The van der Waals surface area contributed by atoms with E-state index in [-0.39, 0.29) is 5.78 Å². The van der Waals surface area contributed by atoms with Gasteiger partial charge in [0.1, 0.15) is 11.8 Å². The third-order valence-corrected chi connectivity index (χ3v) is 3.03. The summed E-state index contributed by atoms with van der Waals surface area (Å²) in [6.45, 7) is 2.76. The molecule has 0 spiro atoms. The Labute approximate surface area is 110 Å². The molecule has 0 saturated carbocycles. The zero-order valence-electron chi connectivity index (χ0n) is 10.2. The van der Waals surface area contributed by atoms with Crippen molar-refractivity contribution in [2.45, 2.75) is 12.6 Å². The number of morpholine rings is 1. The number of hydrogen-bond donors (Lipinski definition) is 1. The number of halogens is 1. The number of methoxy groups -OCH3 is 1. The highest BCUT2D eigenvalue weighted by Crippen LogP contribution is 2.18. The van der Waals surface area contributed by atoms with Crippen LogP contribution in [0.1, 0.15) is 10.5 Å². The number of carbonyl (C=O) groups is 1. The first kappa shape index (κ1) is 13.5. The molecule has 1 aromatic rings. The Morgan fingerprint density at radius 3 is 3.28 bits per heavy atom. The zero-order chi connectivity index (χ0) is 13.0. The topological polar surface area (TPSA) is 65.4 Å². The highest BCUT2D eigenvalue weighted by atomic mass is 35.5. The van der Waals surface area contributed by atoms with Crippen LogP contribution >= 0.6 is 11.6 Å². The lowest BCUT2D eigenvalue weighted by atomic mass is 10.1. The van der Waals surface area contributed by atoms with Crippen molar-refractivity contribution in [1.82, 2.24) is 15.1 Å². The van der Waals surface area contributed by atoms with E-state index in [0.717, 1.165) is 6.54 Å². The molecule has 1 aromatic heterocycles. The summed E-state index contributed by atoms with van der Waals surface area (Å²) >= 11 is 6.02. The fourth-order valence-electron chi connectivity index (χ4n) is 1.84. The predicted molar refractivity (Wildman–Crippen MR) is 66.1 cm³/mol. The molecule has 1 N–H and O–H groups in total. The molecule has 100 valence electrons. The van der Waals surface area contributed by atoms with Crippen molar-refractivity contribution in [2.75, 3.05) is 33.4 Å². The monoisotopic (exact) mass is 273 g/mol. The van der Waals surface area contributed by atoms with Gasteiger partial charge in [0, 0.05) is 20.2 Å². The van der Waals surface area contributed by atoms with Crippen LogP contribution in [0.15, 0.2) is 6.20 Å². The Bertz CT molecular complexity index is 416. The molecule has 2 rings (SSSR count). The lowest BCUT2D eigenvalue weighted by Gasteiger charge is -2.22. The number of ketones is 1. The molecule has 0 bridgehead atoms. The lowest BCUT2D eigenvalue weighted by Crippen LogP contribution is -2.43. The van der Waals surface area contributed by atoms with Crippen molar-refractivity contribution in [3.63, 3.8) is 0 Å². The van der Waals surface area contributed by atoms with Crippen LogP contribution < -0.4 is 5.32 Å². The molecule has 2 heterocycles. The molecular weight excluding hydrogens is 258 g/mol. The van der Waals surface area contributed by atoms with E-state index in [2.05, 4.69) is 10.4 Å². The number of aromatic nitrogens is 2. The average molecular weight is 274 g/mol. The summed E-state index contributed by atoms with van der Waals surface area (Å²) in [5.74, 6) is -0.138. The van der Waals surface area contributed by atoms with Crippen LogP contribution in [0.25, 0.3) is 0 Å². The van der Waals surface area contributed by atoms with E-state index in [1.807, 2.05) is 0 Å². The molecule has 1 atom stereocenters. The zero-order valence-corrected chi connectivity index (χ0v) is 10.9. The minimum Gasteiger partial charge on any atom is -0.383 e. The van der Waals surface area contributed by atoms with Gasteiger partial charge in [-0.2, -0.15) is 5.10 Å². The van der Waals surface area contributed by atoms with Crippen LogP contribution in [0.5, 0.6) is 0 Å². The quantitative estimate of drug-likeness (QED) is 0.785. The molecule has 1 aliphatic rings. The molecule has 0 amide bonds. The fourth-order valence-corrected chi connectivity index (χ4v) is 2.08. The molecule has 0 radical (unpaired) electrons. The Morgan fingerprint density at radius 1 is 1.78 bits per heavy atom. The maximum atomic E-state index is 12.3. The van der Waals surface area contributed by atoms with Crippen molar-refractivity contribution in [2.24, 2.45) is 0 Å². The predicted octanol–water partition coefficient (Wildman–Crippen LogP) is 0.354. The highest BCUT2D eigenvalue weighted by Gasteiger charge is 2.28. The van der Waals surface area contributed by atoms with E-state index in [0.29, 0.717) is 37.0 Å². The number of nitrogens with one attached hydrogen (secondary N) is 1. The Hall–Kier alpha value is -0.950. The largest absolute Gasteiger partial charge is 0.383 e. The van der Waals surface area contributed by atoms with Crippen molar-refractivity contribution in [1.29, 1.82) is 0 Å². The summed E-state index contributed by atoms with van der Waals surface area (Å²) in [4.78, 5) is 12.3. The first-order chi connectivity index (χ1) is 8.74. The molecule has 0 aromatic carbocycles. The third kappa shape index (κ3) is 2.89. The van der Waals surface area contributed by atoms with Gasteiger partial charge in [0.05, 0.1) is 31.0 Å². The first-order valence-corrected chi connectivity index (χ1v) is 6.18. The van der Waals surface area contributed by atoms with Crippen LogP contribution in [0.4, 0.5) is 0 Å². The molecule has 6 nitrogen and oxygen atoms in total. The van der Waals surface area contributed by atoms with Crippen LogP contribution in [0, 0.1) is 0 Å². The summed E-state index contributed by atoms with van der Waals surface area (Å²) < 4.78 is 12.0. The Kier molecular flexibility index (Phi) is 4.71. The summed E-state index contributed by atoms with van der Waals surface area (Å²) in [5, 5.41) is 7.55. The van der Waals surface area contributed by atoms with Crippen molar-refractivity contribution < 1.29 is 14.3 Å². The van der Waals surface area contributed by atoms with E-state index in [9.17, 15) is 4.79 Å². The Morgan fingerprint density at radius 2 is 2.61 bits per heavy atom. The van der Waals surface area contributed by atoms with Crippen molar-refractivity contribution >= 4 is 17.4 Å². The van der Waals surface area contributed by atoms with Gasteiger partial charge in [-0.25, -0.2) is 0 Å². The summed E-state index contributed by atoms with van der Waals surface area (Å²) in [6.07, 6.45) is 0.981. The summed E-state index contributed by atoms with van der Waals surface area (Å²) in [5.41, 5.74) is 0.391. The van der Waals surface area contributed by atoms with Gasteiger partial charge in [0.2, 0.25) is 5.78 Å². The van der Waals surface area contributed by atoms with Crippen molar-refractivity contribution in [3.8, 4) is 0 Å². The molecule has 1 fully saturated rings. The number of rotatable bonds is 5. The SMILES string of the molecule is COCCn1ncc(Cl)c1C(=O)C1CNCCO1. The number of nitrogens with zero attached hydrogens (tertiary/aromatic N) is 2. The van der Waals surface area contributed by atoms with Crippen LogP contribution in [0.3, 0.4) is 0 Å². The molecule has 1 saturated heterocycles. The second-order valence-corrected chi connectivity index (χ2v) is 4.39. The molecule has 18 heavy (non-hydrogen) atoms. The minimum atomic E-state index is -0.491. The second-order valence-electron chi connectivity index (χ2n) is 3.98. The van der Waals surface area contributed by atoms with Gasteiger partial charge in [-0.05, 0) is 0 Å². The van der Waals surface area contributed by atoms with Gasteiger partial charge in [-0.15, -0.1) is 0 Å². The minimum absolute atomic E-state index is 0.138. The highest BCUT2D eigenvalue weighted by molar-refractivity contribution is 6.33. The molecule has 0 aliphatic carbocycles. The maximum Gasteiger partial charge on any atom is 0.212 e. The number of carbonyl (C=O) groups excluding carboxylic acids is 1. The molecule has 1 aliphatic heterocycles. The van der Waals surface area contributed by atoms with E-state index in [1.54, 1.807) is 11.8 Å². The van der Waals surface area contributed by atoms with Crippen LogP contribution in [-0.4, -0.2) is 55.1 Å². The molecule has 1 unspecified atom stereocenters. The maximum absolute atomic E-state index is 12.3. The standard InChI is InChI=1S/C11H16ClN3O3/c1-17-5-3-15-10(8(12)6-14-15)11(16)9-7-13-2-4-18-9/h6,9,13H,2-5,7H2,1H3. The van der Waals surface area contributed by atoms with Crippen LogP contribution in [-0.2, 0) is 16.0 Å². The van der Waals surface area contributed by atoms with Gasteiger partial charge in [-0.1, -0.05) is 11.6 Å². The Balaban J connectivity index is 2.14. The number of hydrogen-bond acceptors (Lipinski definition) is 5. The van der Waals surface area contributed by atoms with Crippen LogP contribution in [0.2, 0.25) is 5.02 Å². The number of ether oxygens (including phenoxy) is 2. The van der Waals surface area contributed by atoms with Gasteiger partial charge in [-0.3, -0.25) is 9.48 Å². The van der Waals surface area contributed by atoms with E-state index >= 15 is 0 Å². The summed E-state index contributed by atoms with van der Waals surface area (Å²) in [7, 11) is 1.60. The summed E-state index contributed by atoms with van der Waals surface area (Å²) in [6, 6.07) is 0. The van der Waals surface area contributed by atoms with Gasteiger partial charge < -0.3 is 14.8 Å². The van der Waals surface area contributed by atoms with E-state index < -0.39 is 6.10 Å². The van der Waals surface area contributed by atoms with E-state index in [4.69, 9.17) is 21.1 Å². The normalized spacial score (nSPS) is 20.0. The molecule has 7 heteroatoms. The van der Waals surface area contributed by atoms with Crippen molar-refractivity contribution in [3.05, 3.63) is 16.9 Å². The molecular formula is C11H16ClN3O3.